The van der Waals surface area contributed by atoms with Gasteiger partial charge in [-0.2, -0.15) is 0 Å². The highest BCUT2D eigenvalue weighted by Crippen LogP contribution is 2.40. The van der Waals surface area contributed by atoms with Gasteiger partial charge in [-0.05, 0) is 30.7 Å². The number of hydrogen-bond donors (Lipinski definition) is 1. The molecule has 0 spiro atoms. The van der Waals surface area contributed by atoms with Gasteiger partial charge in [-0.25, -0.2) is 4.79 Å². The van der Waals surface area contributed by atoms with Gasteiger partial charge in [-0.15, -0.1) is 11.8 Å². The normalized spacial score (nSPS) is 19.8. The van der Waals surface area contributed by atoms with Crippen molar-refractivity contribution < 1.29 is 9.90 Å². The summed E-state index contributed by atoms with van der Waals surface area (Å²) in [6, 6.07) is 5.57. The molecular formula is C14H18BrNO2S. The number of unbranched alkanes of at least 4 members (excludes halogenated alkanes) is 1. The van der Waals surface area contributed by atoms with Gasteiger partial charge in [0.1, 0.15) is 0 Å². The van der Waals surface area contributed by atoms with E-state index in [4.69, 9.17) is 0 Å². The van der Waals surface area contributed by atoms with E-state index in [2.05, 4.69) is 27.8 Å². The zero-order valence-corrected chi connectivity index (χ0v) is 13.3. The van der Waals surface area contributed by atoms with E-state index in [1.165, 1.54) is 6.42 Å². The van der Waals surface area contributed by atoms with Crippen LogP contribution in [0.1, 0.15) is 41.1 Å². The molecule has 1 aliphatic rings. The molecule has 1 aliphatic heterocycles. The summed E-state index contributed by atoms with van der Waals surface area (Å²) >= 11 is 5.19. The maximum absolute atomic E-state index is 11.4. The third-order valence-electron chi connectivity index (χ3n) is 3.30. The molecule has 0 aliphatic carbocycles. The van der Waals surface area contributed by atoms with Crippen molar-refractivity contribution in [3.63, 3.8) is 0 Å². The van der Waals surface area contributed by atoms with Gasteiger partial charge in [0.25, 0.3) is 0 Å². The number of benzene rings is 1. The molecule has 0 bridgehead atoms. The van der Waals surface area contributed by atoms with E-state index in [0.717, 1.165) is 35.3 Å². The van der Waals surface area contributed by atoms with E-state index in [0.29, 0.717) is 5.56 Å². The molecule has 1 saturated heterocycles. The highest BCUT2D eigenvalue weighted by molar-refractivity contribution is 9.10. The number of carboxylic acid groups (broad SMARTS) is 1. The number of thioether (sulfide) groups is 1. The van der Waals surface area contributed by atoms with Crippen molar-refractivity contribution in [2.24, 2.45) is 0 Å². The Balaban J connectivity index is 2.27. The summed E-state index contributed by atoms with van der Waals surface area (Å²) in [5.74, 6) is 0.225. The first-order valence-corrected chi connectivity index (χ1v) is 8.36. The first-order valence-electron chi connectivity index (χ1n) is 6.52. The van der Waals surface area contributed by atoms with Gasteiger partial charge >= 0.3 is 5.97 Å². The molecule has 2 rings (SSSR count). The lowest BCUT2D eigenvalue weighted by Gasteiger charge is -2.24. The molecule has 3 nitrogen and oxygen atoms in total. The van der Waals surface area contributed by atoms with Crippen LogP contribution in [0.3, 0.4) is 0 Å². The van der Waals surface area contributed by atoms with Gasteiger partial charge < -0.3 is 5.11 Å². The number of hydrogen-bond acceptors (Lipinski definition) is 3. The number of halogens is 1. The molecule has 1 unspecified atom stereocenters. The van der Waals surface area contributed by atoms with E-state index < -0.39 is 5.97 Å². The minimum absolute atomic E-state index is 0.186. The van der Waals surface area contributed by atoms with E-state index in [1.54, 1.807) is 6.07 Å². The molecule has 1 fully saturated rings. The van der Waals surface area contributed by atoms with Gasteiger partial charge in [-0.1, -0.05) is 35.3 Å². The molecule has 1 aromatic carbocycles. The van der Waals surface area contributed by atoms with Crippen LogP contribution >= 0.6 is 27.7 Å². The van der Waals surface area contributed by atoms with Crippen LogP contribution in [0.4, 0.5) is 0 Å². The topological polar surface area (TPSA) is 40.5 Å². The second kappa shape index (κ2) is 6.77. The van der Waals surface area contributed by atoms with Crippen LogP contribution in [0.5, 0.6) is 0 Å². The predicted octanol–water partition coefficient (Wildman–Crippen LogP) is 3.99. The van der Waals surface area contributed by atoms with Crippen LogP contribution in [0.15, 0.2) is 22.7 Å². The number of aromatic carboxylic acids is 1. The van der Waals surface area contributed by atoms with Crippen LogP contribution in [0.25, 0.3) is 0 Å². The third-order valence-corrected chi connectivity index (χ3v) is 5.08. The molecule has 0 aromatic heterocycles. The Kier molecular flexibility index (Phi) is 5.30. The highest BCUT2D eigenvalue weighted by atomic mass is 79.9. The van der Waals surface area contributed by atoms with Crippen LogP contribution < -0.4 is 0 Å². The zero-order valence-electron chi connectivity index (χ0n) is 10.9. The summed E-state index contributed by atoms with van der Waals surface area (Å²) in [6.45, 7) is 4.27. The van der Waals surface area contributed by atoms with Crippen LogP contribution in [-0.2, 0) is 0 Å². The van der Waals surface area contributed by atoms with E-state index in [1.807, 2.05) is 23.9 Å². The number of nitrogens with zero attached hydrogens (tertiary/aromatic N) is 1. The number of rotatable bonds is 5. The Labute approximate surface area is 126 Å². The van der Waals surface area contributed by atoms with Gasteiger partial charge in [-0.3, -0.25) is 4.90 Å². The van der Waals surface area contributed by atoms with Crippen LogP contribution in [-0.4, -0.2) is 34.8 Å². The molecule has 1 aromatic rings. The predicted molar refractivity (Wildman–Crippen MR) is 82.8 cm³/mol. The molecule has 19 heavy (non-hydrogen) atoms. The summed E-state index contributed by atoms with van der Waals surface area (Å²) in [4.78, 5) is 13.8. The van der Waals surface area contributed by atoms with Gasteiger partial charge in [0.2, 0.25) is 0 Å². The second-order valence-electron chi connectivity index (χ2n) is 4.65. The lowest BCUT2D eigenvalue weighted by atomic mass is 10.1. The summed E-state index contributed by atoms with van der Waals surface area (Å²) < 4.78 is 0.816. The SMILES string of the molecule is CCCCN1CCSC1c1ccc(Br)cc1C(=O)O. The molecule has 1 N–H and O–H groups in total. The maximum Gasteiger partial charge on any atom is 0.336 e. The molecule has 0 radical (unpaired) electrons. The summed E-state index contributed by atoms with van der Waals surface area (Å²) in [5, 5.41) is 9.55. The van der Waals surface area contributed by atoms with Gasteiger partial charge in [0.05, 0.1) is 10.9 Å². The van der Waals surface area contributed by atoms with Crippen molar-refractivity contribution in [1.29, 1.82) is 0 Å². The van der Waals surface area contributed by atoms with Crippen molar-refractivity contribution in [3.8, 4) is 0 Å². The third kappa shape index (κ3) is 3.52. The van der Waals surface area contributed by atoms with Crippen LogP contribution in [0, 0.1) is 0 Å². The molecule has 104 valence electrons. The fraction of sp³-hybridized carbons (Fsp3) is 0.500. The summed E-state index contributed by atoms with van der Waals surface area (Å²) in [5.41, 5.74) is 1.34. The molecule has 0 amide bonds. The van der Waals surface area contributed by atoms with Crippen molar-refractivity contribution >= 4 is 33.7 Å². The van der Waals surface area contributed by atoms with Crippen molar-refractivity contribution in [2.75, 3.05) is 18.8 Å². The Hall–Kier alpha value is -0.520. The Morgan fingerprint density at radius 1 is 1.58 bits per heavy atom. The average molecular weight is 344 g/mol. The summed E-state index contributed by atoms with van der Waals surface area (Å²) in [6.07, 6.45) is 2.33. The van der Waals surface area contributed by atoms with E-state index in [9.17, 15) is 9.90 Å². The van der Waals surface area contributed by atoms with E-state index in [-0.39, 0.29) is 5.37 Å². The standard InChI is InChI=1S/C14H18BrNO2S/c1-2-3-6-16-7-8-19-13(16)11-5-4-10(15)9-12(11)14(17)18/h4-5,9,13H,2-3,6-8H2,1H3,(H,17,18). The molecule has 5 heteroatoms. The maximum atomic E-state index is 11.4. The fourth-order valence-corrected chi connectivity index (χ4v) is 4.04. The first kappa shape index (κ1) is 14.9. The van der Waals surface area contributed by atoms with Gasteiger partial charge in [0.15, 0.2) is 0 Å². The Morgan fingerprint density at radius 3 is 3.05 bits per heavy atom. The minimum atomic E-state index is -0.848. The second-order valence-corrected chi connectivity index (χ2v) is 6.75. The zero-order chi connectivity index (χ0) is 13.8. The minimum Gasteiger partial charge on any atom is -0.478 e. The van der Waals surface area contributed by atoms with Crippen molar-refractivity contribution in [2.45, 2.75) is 25.1 Å². The van der Waals surface area contributed by atoms with Crippen molar-refractivity contribution in [1.82, 2.24) is 4.90 Å². The smallest absolute Gasteiger partial charge is 0.336 e. The van der Waals surface area contributed by atoms with Crippen molar-refractivity contribution in [3.05, 3.63) is 33.8 Å². The molecule has 1 heterocycles. The largest absolute Gasteiger partial charge is 0.478 e. The molecule has 1 atom stereocenters. The molecule has 0 saturated carbocycles. The monoisotopic (exact) mass is 343 g/mol. The Morgan fingerprint density at radius 2 is 2.37 bits per heavy atom. The lowest BCUT2D eigenvalue weighted by Crippen LogP contribution is -2.25. The van der Waals surface area contributed by atoms with E-state index >= 15 is 0 Å². The quantitative estimate of drug-likeness (QED) is 0.877. The number of carboxylic acids is 1. The average Bonchev–Trinajstić information content (AvgIpc) is 2.84. The summed E-state index contributed by atoms with van der Waals surface area (Å²) in [7, 11) is 0. The number of carbonyl (C=O) groups is 1. The highest BCUT2D eigenvalue weighted by Gasteiger charge is 2.29. The van der Waals surface area contributed by atoms with Gasteiger partial charge in [0, 0.05) is 16.8 Å². The molecular weight excluding hydrogens is 326 g/mol. The first-order chi connectivity index (χ1) is 9.13. The fourth-order valence-electron chi connectivity index (χ4n) is 2.31. The van der Waals surface area contributed by atoms with Crippen LogP contribution in [0.2, 0.25) is 0 Å². The Bertz CT molecular complexity index is 467. The lowest BCUT2D eigenvalue weighted by molar-refractivity contribution is 0.0694.